The molecule has 0 aromatic heterocycles. The van der Waals surface area contributed by atoms with E-state index < -0.39 is 0 Å². The maximum Gasteiger partial charge on any atom is 0.209 e. The minimum Gasteiger partial charge on any atom is -0.342 e. The number of carbonyl (C=O) groups excluding carboxylic acids is 1. The summed E-state index contributed by atoms with van der Waals surface area (Å²) in [4.78, 5) is 12.4. The van der Waals surface area contributed by atoms with Crippen molar-refractivity contribution in [3.8, 4) is 0 Å². The zero-order valence-corrected chi connectivity index (χ0v) is 7.05. The molecule has 11 heavy (non-hydrogen) atoms. The molecule has 0 saturated carbocycles. The summed E-state index contributed by atoms with van der Waals surface area (Å²) in [7, 11) is 0. The first-order valence-corrected chi connectivity index (χ1v) is 4.30. The highest BCUT2D eigenvalue weighted by molar-refractivity contribution is 5.47. The van der Waals surface area contributed by atoms with Gasteiger partial charge in [0.1, 0.15) is 0 Å². The molecule has 0 atom stereocenters. The Labute approximate surface area is 67.8 Å². The molecule has 3 nitrogen and oxygen atoms in total. The van der Waals surface area contributed by atoms with E-state index >= 15 is 0 Å². The minimum atomic E-state index is 0.485. The molecule has 0 bridgehead atoms. The third-order valence-electron chi connectivity index (χ3n) is 2.28. The van der Waals surface area contributed by atoms with Crippen molar-refractivity contribution in [3.63, 3.8) is 0 Å². The number of rotatable bonds is 3. The van der Waals surface area contributed by atoms with Crippen LogP contribution in [0.25, 0.3) is 0 Å². The second-order valence-corrected chi connectivity index (χ2v) is 2.92. The highest BCUT2D eigenvalue weighted by atomic mass is 16.1. The van der Waals surface area contributed by atoms with Crippen LogP contribution in [0, 0.1) is 0 Å². The Morgan fingerprint density at radius 2 is 2.18 bits per heavy atom. The lowest BCUT2D eigenvalue weighted by Crippen LogP contribution is -2.42. The Morgan fingerprint density at radius 3 is 2.64 bits per heavy atom. The normalized spacial score (nSPS) is 19.7. The first-order chi connectivity index (χ1) is 5.38. The third-order valence-corrected chi connectivity index (χ3v) is 2.28. The molecule has 0 aromatic carbocycles. The fourth-order valence-corrected chi connectivity index (χ4v) is 1.56. The summed E-state index contributed by atoms with van der Waals surface area (Å²) in [5.41, 5.74) is 0. The van der Waals surface area contributed by atoms with Gasteiger partial charge in [-0.05, 0) is 32.9 Å². The molecule has 3 heteroatoms. The van der Waals surface area contributed by atoms with Gasteiger partial charge in [-0.3, -0.25) is 4.79 Å². The molecule has 1 amide bonds. The number of piperidine rings is 1. The van der Waals surface area contributed by atoms with E-state index in [1.165, 1.54) is 0 Å². The van der Waals surface area contributed by atoms with Gasteiger partial charge in [-0.15, -0.1) is 0 Å². The first-order valence-electron chi connectivity index (χ1n) is 4.30. The van der Waals surface area contributed by atoms with Gasteiger partial charge in [0.2, 0.25) is 6.41 Å². The predicted molar refractivity (Wildman–Crippen MR) is 44.3 cm³/mol. The smallest absolute Gasteiger partial charge is 0.209 e. The number of nitrogens with zero attached hydrogens (tertiary/aromatic N) is 1. The van der Waals surface area contributed by atoms with Crippen molar-refractivity contribution in [2.45, 2.75) is 25.8 Å². The van der Waals surface area contributed by atoms with Gasteiger partial charge in [0.15, 0.2) is 0 Å². The summed E-state index contributed by atoms with van der Waals surface area (Å²) in [6.07, 6.45) is 3.18. The highest BCUT2D eigenvalue weighted by Gasteiger charge is 2.17. The molecule has 0 aromatic rings. The van der Waals surface area contributed by atoms with Gasteiger partial charge < -0.3 is 10.2 Å². The van der Waals surface area contributed by atoms with Crippen molar-refractivity contribution >= 4 is 6.41 Å². The Hall–Kier alpha value is -0.570. The van der Waals surface area contributed by atoms with E-state index in [1.807, 2.05) is 11.8 Å². The molecular weight excluding hydrogens is 140 g/mol. The molecule has 1 rings (SSSR count). The predicted octanol–water partition coefficient (Wildman–Crippen LogP) is 0.217. The van der Waals surface area contributed by atoms with E-state index in [4.69, 9.17) is 0 Å². The summed E-state index contributed by atoms with van der Waals surface area (Å²) in [5.74, 6) is 0. The number of amides is 1. The van der Waals surface area contributed by atoms with Crippen molar-refractivity contribution in [2.75, 3.05) is 19.6 Å². The molecule has 0 unspecified atom stereocenters. The highest BCUT2D eigenvalue weighted by Crippen LogP contribution is 2.08. The number of hydrogen-bond donors (Lipinski definition) is 1. The lowest BCUT2D eigenvalue weighted by molar-refractivity contribution is -0.120. The largest absolute Gasteiger partial charge is 0.342 e. The molecule has 64 valence electrons. The van der Waals surface area contributed by atoms with Crippen molar-refractivity contribution in [1.29, 1.82) is 0 Å². The van der Waals surface area contributed by atoms with Crippen LogP contribution in [0.2, 0.25) is 0 Å². The van der Waals surface area contributed by atoms with Crippen molar-refractivity contribution in [3.05, 3.63) is 0 Å². The zero-order chi connectivity index (χ0) is 8.10. The topological polar surface area (TPSA) is 32.3 Å². The fraction of sp³-hybridized carbons (Fsp3) is 0.875. The van der Waals surface area contributed by atoms with E-state index in [0.717, 1.165) is 38.9 Å². The second-order valence-electron chi connectivity index (χ2n) is 2.92. The van der Waals surface area contributed by atoms with Crippen LogP contribution in [0.3, 0.4) is 0 Å². The number of nitrogens with one attached hydrogen (secondary N) is 1. The summed E-state index contributed by atoms with van der Waals surface area (Å²) in [6, 6.07) is 0.485. The summed E-state index contributed by atoms with van der Waals surface area (Å²) in [5, 5.41) is 3.28. The fourth-order valence-electron chi connectivity index (χ4n) is 1.56. The van der Waals surface area contributed by atoms with Crippen LogP contribution in [-0.2, 0) is 4.79 Å². The Balaban J connectivity index is 2.35. The van der Waals surface area contributed by atoms with Gasteiger partial charge in [-0.25, -0.2) is 0 Å². The number of carbonyl (C=O) groups is 1. The van der Waals surface area contributed by atoms with E-state index in [-0.39, 0.29) is 0 Å². The first kappa shape index (κ1) is 8.53. The molecular formula is C8H16N2O. The van der Waals surface area contributed by atoms with Gasteiger partial charge in [0.25, 0.3) is 0 Å². The van der Waals surface area contributed by atoms with Crippen LogP contribution < -0.4 is 5.32 Å². The van der Waals surface area contributed by atoms with E-state index in [2.05, 4.69) is 5.32 Å². The molecule has 1 heterocycles. The van der Waals surface area contributed by atoms with Gasteiger partial charge >= 0.3 is 0 Å². The minimum absolute atomic E-state index is 0.485. The maximum absolute atomic E-state index is 10.5. The Morgan fingerprint density at radius 1 is 1.55 bits per heavy atom. The van der Waals surface area contributed by atoms with Crippen LogP contribution in [-0.4, -0.2) is 37.0 Å². The quantitative estimate of drug-likeness (QED) is 0.593. The van der Waals surface area contributed by atoms with Gasteiger partial charge in [-0.1, -0.05) is 0 Å². The Kier molecular flexibility index (Phi) is 3.36. The van der Waals surface area contributed by atoms with Gasteiger partial charge in [0.05, 0.1) is 0 Å². The molecule has 0 radical (unpaired) electrons. The van der Waals surface area contributed by atoms with Gasteiger partial charge in [-0.2, -0.15) is 0 Å². The molecule has 1 saturated heterocycles. The summed E-state index contributed by atoms with van der Waals surface area (Å²) < 4.78 is 0. The van der Waals surface area contributed by atoms with Crippen LogP contribution in [0.15, 0.2) is 0 Å². The second kappa shape index (κ2) is 4.34. The number of hydrogen-bond acceptors (Lipinski definition) is 2. The molecule has 0 spiro atoms. The average Bonchev–Trinajstić information content (AvgIpc) is 2.09. The lowest BCUT2D eigenvalue weighted by atomic mass is 10.1. The van der Waals surface area contributed by atoms with Gasteiger partial charge in [0, 0.05) is 12.6 Å². The standard InChI is InChI=1S/C8H16N2O/c1-2-10(7-11)8-3-5-9-6-4-8/h7-9H,2-6H2,1H3. The van der Waals surface area contributed by atoms with Crippen molar-refractivity contribution < 1.29 is 4.79 Å². The summed E-state index contributed by atoms with van der Waals surface area (Å²) >= 11 is 0. The van der Waals surface area contributed by atoms with Crippen LogP contribution >= 0.6 is 0 Å². The monoisotopic (exact) mass is 156 g/mol. The van der Waals surface area contributed by atoms with Crippen LogP contribution in [0.4, 0.5) is 0 Å². The van der Waals surface area contributed by atoms with E-state index in [9.17, 15) is 4.79 Å². The molecule has 1 fully saturated rings. The van der Waals surface area contributed by atoms with Crippen molar-refractivity contribution in [2.24, 2.45) is 0 Å². The Bertz CT molecular complexity index is 121. The zero-order valence-electron chi connectivity index (χ0n) is 7.05. The SMILES string of the molecule is CCN(C=O)C1CCNCC1. The molecule has 1 N–H and O–H groups in total. The average molecular weight is 156 g/mol. The van der Waals surface area contributed by atoms with Crippen molar-refractivity contribution in [1.82, 2.24) is 10.2 Å². The van der Waals surface area contributed by atoms with E-state index in [1.54, 1.807) is 0 Å². The molecule has 1 aliphatic heterocycles. The van der Waals surface area contributed by atoms with E-state index in [0.29, 0.717) is 6.04 Å². The lowest BCUT2D eigenvalue weighted by Gasteiger charge is -2.30. The third kappa shape index (κ3) is 2.19. The van der Waals surface area contributed by atoms with Crippen LogP contribution in [0.1, 0.15) is 19.8 Å². The van der Waals surface area contributed by atoms with Crippen LogP contribution in [0.5, 0.6) is 0 Å². The summed E-state index contributed by atoms with van der Waals surface area (Å²) in [6.45, 7) is 4.97. The maximum atomic E-state index is 10.5. The molecule has 1 aliphatic rings. The molecule has 0 aliphatic carbocycles.